The van der Waals surface area contributed by atoms with Crippen LogP contribution in [0.2, 0.25) is 5.02 Å². The van der Waals surface area contributed by atoms with E-state index in [1.165, 1.54) is 13.3 Å². The predicted molar refractivity (Wildman–Crippen MR) is 66.6 cm³/mol. The van der Waals surface area contributed by atoms with Crippen LogP contribution in [0.4, 0.5) is 5.82 Å². The van der Waals surface area contributed by atoms with E-state index in [9.17, 15) is 0 Å². The monoisotopic (exact) mass is 263 g/mol. The minimum absolute atomic E-state index is 0.192. The van der Waals surface area contributed by atoms with Gasteiger partial charge >= 0.3 is 6.01 Å². The minimum Gasteiger partial charge on any atom is -0.467 e. The molecule has 90 valence electrons. The SMILES string of the molecule is COc1ncc(Cl)c(NCCCC(C)Cl)n1. The second-order valence-corrected chi connectivity index (χ2v) is 4.56. The topological polar surface area (TPSA) is 47.0 Å². The molecule has 1 aromatic rings. The summed E-state index contributed by atoms with van der Waals surface area (Å²) < 4.78 is 4.91. The Hall–Kier alpha value is -0.740. The zero-order chi connectivity index (χ0) is 12.0. The molecular weight excluding hydrogens is 249 g/mol. The summed E-state index contributed by atoms with van der Waals surface area (Å²) in [6.07, 6.45) is 3.43. The number of anilines is 1. The molecule has 0 bridgehead atoms. The van der Waals surface area contributed by atoms with Gasteiger partial charge in [0.25, 0.3) is 0 Å². The van der Waals surface area contributed by atoms with E-state index in [1.54, 1.807) is 0 Å². The molecule has 1 unspecified atom stereocenters. The van der Waals surface area contributed by atoms with Crippen molar-refractivity contribution < 1.29 is 4.74 Å². The number of halogens is 2. The number of hydrogen-bond donors (Lipinski definition) is 1. The van der Waals surface area contributed by atoms with Gasteiger partial charge in [0.05, 0.1) is 13.3 Å². The molecule has 0 radical (unpaired) electrons. The Morgan fingerprint density at radius 1 is 1.56 bits per heavy atom. The third-order valence-corrected chi connectivity index (χ3v) is 2.47. The Kier molecular flexibility index (Phi) is 5.63. The molecule has 1 atom stereocenters. The lowest BCUT2D eigenvalue weighted by atomic mass is 10.2. The Labute approximate surface area is 105 Å². The highest BCUT2D eigenvalue weighted by atomic mass is 35.5. The van der Waals surface area contributed by atoms with E-state index in [0.29, 0.717) is 16.9 Å². The summed E-state index contributed by atoms with van der Waals surface area (Å²) in [5.74, 6) is 0.593. The maximum Gasteiger partial charge on any atom is 0.318 e. The van der Waals surface area contributed by atoms with E-state index >= 15 is 0 Å². The molecule has 16 heavy (non-hydrogen) atoms. The third kappa shape index (κ3) is 4.41. The van der Waals surface area contributed by atoms with Crippen LogP contribution in [-0.4, -0.2) is 29.0 Å². The van der Waals surface area contributed by atoms with Crippen molar-refractivity contribution in [2.45, 2.75) is 25.1 Å². The van der Waals surface area contributed by atoms with Crippen LogP contribution in [0.15, 0.2) is 6.20 Å². The van der Waals surface area contributed by atoms with Gasteiger partial charge in [-0.05, 0) is 19.8 Å². The smallest absolute Gasteiger partial charge is 0.318 e. The number of ether oxygens (including phenoxy) is 1. The zero-order valence-corrected chi connectivity index (χ0v) is 10.8. The molecule has 0 aliphatic heterocycles. The third-order valence-electron chi connectivity index (χ3n) is 1.98. The van der Waals surface area contributed by atoms with Gasteiger partial charge in [0.15, 0.2) is 5.82 Å². The number of aromatic nitrogens is 2. The minimum atomic E-state index is 0.192. The number of alkyl halides is 1. The first-order valence-electron chi connectivity index (χ1n) is 5.08. The Morgan fingerprint density at radius 3 is 2.94 bits per heavy atom. The zero-order valence-electron chi connectivity index (χ0n) is 9.33. The summed E-state index contributed by atoms with van der Waals surface area (Å²) in [4.78, 5) is 7.99. The Bertz CT molecular complexity index is 334. The maximum atomic E-state index is 5.93. The number of methoxy groups -OCH3 is 1. The molecule has 1 heterocycles. The average molecular weight is 264 g/mol. The fourth-order valence-electron chi connectivity index (χ4n) is 1.16. The van der Waals surface area contributed by atoms with E-state index in [0.717, 1.165) is 19.4 Å². The van der Waals surface area contributed by atoms with Gasteiger partial charge in [0, 0.05) is 11.9 Å². The van der Waals surface area contributed by atoms with E-state index in [-0.39, 0.29) is 5.38 Å². The second-order valence-electron chi connectivity index (χ2n) is 3.40. The highest BCUT2D eigenvalue weighted by molar-refractivity contribution is 6.32. The molecular formula is C10H15Cl2N3O. The van der Waals surface area contributed by atoms with Gasteiger partial charge in [-0.1, -0.05) is 11.6 Å². The van der Waals surface area contributed by atoms with Crippen LogP contribution in [0.25, 0.3) is 0 Å². The van der Waals surface area contributed by atoms with Gasteiger partial charge in [0.2, 0.25) is 0 Å². The van der Waals surface area contributed by atoms with Gasteiger partial charge < -0.3 is 10.1 Å². The van der Waals surface area contributed by atoms with Crippen LogP contribution in [0.1, 0.15) is 19.8 Å². The number of hydrogen-bond acceptors (Lipinski definition) is 4. The molecule has 0 saturated heterocycles. The molecule has 6 heteroatoms. The lowest BCUT2D eigenvalue weighted by molar-refractivity contribution is 0.380. The van der Waals surface area contributed by atoms with Crippen LogP contribution < -0.4 is 10.1 Å². The van der Waals surface area contributed by atoms with Gasteiger partial charge in [-0.15, -0.1) is 11.6 Å². The van der Waals surface area contributed by atoms with Crippen molar-refractivity contribution in [3.8, 4) is 6.01 Å². The molecule has 0 amide bonds. The lowest BCUT2D eigenvalue weighted by Gasteiger charge is -2.08. The normalized spacial score (nSPS) is 12.2. The summed E-state index contributed by atoms with van der Waals surface area (Å²) in [6.45, 7) is 2.75. The van der Waals surface area contributed by atoms with Crippen molar-refractivity contribution in [3.05, 3.63) is 11.2 Å². The van der Waals surface area contributed by atoms with E-state index < -0.39 is 0 Å². The average Bonchev–Trinajstić information content (AvgIpc) is 2.26. The first-order chi connectivity index (χ1) is 7.63. The maximum absolute atomic E-state index is 5.93. The molecule has 0 aromatic carbocycles. The van der Waals surface area contributed by atoms with Crippen molar-refractivity contribution in [2.75, 3.05) is 19.0 Å². The van der Waals surface area contributed by atoms with Crippen LogP contribution in [0.3, 0.4) is 0 Å². The molecule has 1 rings (SSSR count). The largest absolute Gasteiger partial charge is 0.467 e. The summed E-state index contributed by atoms with van der Waals surface area (Å²) >= 11 is 11.8. The van der Waals surface area contributed by atoms with Gasteiger partial charge in [-0.3, -0.25) is 0 Å². The first kappa shape index (κ1) is 13.3. The summed E-state index contributed by atoms with van der Waals surface area (Å²) in [6, 6.07) is 0.303. The van der Waals surface area contributed by atoms with Crippen LogP contribution in [-0.2, 0) is 0 Å². The molecule has 1 aromatic heterocycles. The quantitative estimate of drug-likeness (QED) is 0.633. The molecule has 0 fully saturated rings. The Morgan fingerprint density at radius 2 is 2.31 bits per heavy atom. The number of nitrogens with one attached hydrogen (secondary N) is 1. The predicted octanol–water partition coefficient (Wildman–Crippen LogP) is 2.96. The van der Waals surface area contributed by atoms with Crippen molar-refractivity contribution in [1.29, 1.82) is 0 Å². The summed E-state index contributed by atoms with van der Waals surface area (Å²) in [5.41, 5.74) is 0. The molecule has 1 N–H and O–H groups in total. The standard InChI is InChI=1S/C10H15Cl2N3O/c1-7(11)4-3-5-13-9-8(12)6-14-10(15-9)16-2/h6-7H,3-5H2,1-2H3,(H,13,14,15). The van der Waals surface area contributed by atoms with Gasteiger partial charge in [0.1, 0.15) is 5.02 Å². The number of rotatable bonds is 6. The highest BCUT2D eigenvalue weighted by Gasteiger charge is 2.05. The lowest BCUT2D eigenvalue weighted by Crippen LogP contribution is -2.07. The van der Waals surface area contributed by atoms with E-state index in [2.05, 4.69) is 15.3 Å². The second kappa shape index (κ2) is 6.76. The van der Waals surface area contributed by atoms with E-state index in [4.69, 9.17) is 27.9 Å². The fourth-order valence-corrected chi connectivity index (χ4v) is 1.48. The van der Waals surface area contributed by atoms with E-state index in [1.807, 2.05) is 6.92 Å². The van der Waals surface area contributed by atoms with Crippen molar-refractivity contribution in [1.82, 2.24) is 9.97 Å². The van der Waals surface area contributed by atoms with Crippen molar-refractivity contribution >= 4 is 29.0 Å². The highest BCUT2D eigenvalue weighted by Crippen LogP contribution is 2.20. The van der Waals surface area contributed by atoms with Crippen LogP contribution in [0, 0.1) is 0 Å². The van der Waals surface area contributed by atoms with Crippen molar-refractivity contribution in [3.63, 3.8) is 0 Å². The van der Waals surface area contributed by atoms with Gasteiger partial charge in [-0.2, -0.15) is 4.98 Å². The number of nitrogens with zero attached hydrogens (tertiary/aromatic N) is 2. The molecule has 0 aliphatic rings. The van der Waals surface area contributed by atoms with Crippen molar-refractivity contribution in [2.24, 2.45) is 0 Å². The molecule has 0 saturated carbocycles. The fraction of sp³-hybridized carbons (Fsp3) is 0.600. The summed E-state index contributed by atoms with van der Waals surface area (Å²) in [5, 5.41) is 3.80. The van der Waals surface area contributed by atoms with Gasteiger partial charge in [-0.25, -0.2) is 4.98 Å². The van der Waals surface area contributed by atoms with Crippen LogP contribution >= 0.6 is 23.2 Å². The first-order valence-corrected chi connectivity index (χ1v) is 5.89. The van der Waals surface area contributed by atoms with Crippen LogP contribution in [0.5, 0.6) is 6.01 Å². The summed E-state index contributed by atoms with van der Waals surface area (Å²) in [7, 11) is 1.52. The molecule has 0 aliphatic carbocycles. The molecule has 4 nitrogen and oxygen atoms in total. The molecule has 0 spiro atoms. The Balaban J connectivity index is 2.46.